The smallest absolute Gasteiger partial charge is 0.248 e. The van der Waals surface area contributed by atoms with Gasteiger partial charge in [-0.2, -0.15) is 0 Å². The topological polar surface area (TPSA) is 337 Å². The van der Waals surface area contributed by atoms with Gasteiger partial charge in [0.25, 0.3) is 0 Å². The van der Waals surface area contributed by atoms with E-state index in [1.807, 2.05) is 44.2 Å². The molecule has 106 heavy (non-hydrogen) atoms. The lowest BCUT2D eigenvalue weighted by molar-refractivity contribution is -0.150. The van der Waals surface area contributed by atoms with E-state index in [1.54, 1.807) is 129 Å². The summed E-state index contributed by atoms with van der Waals surface area (Å²) in [7, 11) is 8.57. The first kappa shape index (κ1) is 86.7. The molecule has 5 rings (SSSR count). The molecule has 1 aliphatic heterocycles. The SMILES string of the molecule is CC(=O)N(C)[C@@H](CC(C)C)C(=O)NCC(=O)CN[C@@H](CC(=O)N[C@@H](C)C(=O)N[C@H](C(=O)N(C)[C@@H](C)C(=O)N(C)[C@@H](Cc1ccccc1)C(=O)N[C@H](C(=O)N(C)CCc1ccccc1)C(C)C)[C@@H](C)O)C(=O)N(C)[C@@H](Cc1ccccc1)C(=O)N(C)[C@@H](Cc1ccccc1)C(=O)N[C@@H](C)C(=O)N1CCCCC1. The summed E-state index contributed by atoms with van der Waals surface area (Å²) >= 11 is 0. The van der Waals surface area contributed by atoms with Gasteiger partial charge >= 0.3 is 0 Å². The number of Topliss-reactive ketones (excluding diaryl/α,β-unsaturated/α-hetero) is 1. The summed E-state index contributed by atoms with van der Waals surface area (Å²) < 4.78 is 0. The minimum atomic E-state index is -1.72. The Labute approximate surface area is 624 Å². The Balaban J connectivity index is 1.39. The largest absolute Gasteiger partial charge is 0.391 e. The number of nitrogens with zero attached hydrogens (tertiary/aromatic N) is 7. The molecule has 4 aromatic rings. The number of hydrogen-bond donors (Lipinski definition) is 7. The van der Waals surface area contributed by atoms with E-state index in [9.17, 15) is 57.8 Å². The number of rotatable bonds is 39. The molecule has 11 atom stereocenters. The van der Waals surface area contributed by atoms with Crippen LogP contribution in [0.2, 0.25) is 0 Å². The van der Waals surface area contributed by atoms with Gasteiger partial charge in [0.1, 0.15) is 54.4 Å². The third-order valence-corrected chi connectivity index (χ3v) is 19.5. The van der Waals surface area contributed by atoms with E-state index in [1.165, 1.54) is 77.6 Å². The van der Waals surface area contributed by atoms with E-state index < -0.39 is 145 Å². The number of amides is 12. The summed E-state index contributed by atoms with van der Waals surface area (Å²) in [4.78, 5) is 194. The number of benzene rings is 4. The van der Waals surface area contributed by atoms with Gasteiger partial charge < -0.3 is 66.0 Å². The van der Waals surface area contributed by atoms with E-state index in [0.29, 0.717) is 42.7 Å². The van der Waals surface area contributed by atoms with Crippen LogP contribution in [0.25, 0.3) is 0 Å². The lowest BCUT2D eigenvalue weighted by Gasteiger charge is -2.36. The first-order valence-corrected chi connectivity index (χ1v) is 36.5. The number of aliphatic hydroxyl groups excluding tert-OH is 1. The molecule has 0 saturated carbocycles. The van der Waals surface area contributed by atoms with Gasteiger partial charge in [0, 0.05) is 88.1 Å². The fraction of sp³-hybridized carbons (Fsp3) is 0.532. The number of likely N-dealkylation sites (N-methyl/N-ethyl adjacent to an activating group) is 6. The number of aliphatic hydroxyl groups is 1. The van der Waals surface area contributed by atoms with Crippen LogP contribution in [0.3, 0.4) is 0 Å². The fourth-order valence-corrected chi connectivity index (χ4v) is 12.5. The first-order chi connectivity index (χ1) is 50.1. The van der Waals surface area contributed by atoms with Gasteiger partial charge in [-0.05, 0) is 93.9 Å². The minimum absolute atomic E-state index is 0.00399. The predicted molar refractivity (Wildman–Crippen MR) is 402 cm³/mol. The van der Waals surface area contributed by atoms with E-state index in [0.717, 1.165) is 34.6 Å². The fourth-order valence-electron chi connectivity index (χ4n) is 12.5. The number of carbonyl (C=O) groups excluding carboxylic acids is 13. The highest BCUT2D eigenvalue weighted by molar-refractivity contribution is 5.99. The van der Waals surface area contributed by atoms with Gasteiger partial charge in [0.2, 0.25) is 70.9 Å². The maximum atomic E-state index is 15.4. The second-order valence-corrected chi connectivity index (χ2v) is 28.6. The Morgan fingerprint density at radius 2 is 0.915 bits per heavy atom. The van der Waals surface area contributed by atoms with E-state index >= 15 is 9.59 Å². The summed E-state index contributed by atoms with van der Waals surface area (Å²) in [6.07, 6.45) is 1.01. The van der Waals surface area contributed by atoms with Crippen molar-refractivity contribution in [2.45, 2.75) is 187 Å². The third kappa shape index (κ3) is 26.0. The van der Waals surface area contributed by atoms with Crippen molar-refractivity contribution < 1.29 is 67.4 Å². The van der Waals surface area contributed by atoms with Crippen LogP contribution >= 0.6 is 0 Å². The summed E-state index contributed by atoms with van der Waals surface area (Å²) in [6.45, 7) is 14.4. The van der Waals surface area contributed by atoms with Crippen molar-refractivity contribution in [3.63, 3.8) is 0 Å². The molecule has 0 unspecified atom stereocenters. The first-order valence-electron chi connectivity index (χ1n) is 36.5. The molecular weight excluding hydrogens is 1350 g/mol. The molecular formula is C79H113N13O14. The van der Waals surface area contributed by atoms with Crippen molar-refractivity contribution in [2.75, 3.05) is 75.0 Å². The summed E-state index contributed by atoms with van der Waals surface area (Å²) in [5.74, 6) is -9.05. The Morgan fingerprint density at radius 1 is 0.453 bits per heavy atom. The van der Waals surface area contributed by atoms with E-state index in [4.69, 9.17) is 0 Å². The number of ketones is 1. The highest BCUT2D eigenvalue weighted by atomic mass is 16.3. The quantitative estimate of drug-likeness (QED) is 0.0338. The molecule has 0 aliphatic carbocycles. The summed E-state index contributed by atoms with van der Waals surface area (Å²) in [5, 5.41) is 27.3. The molecule has 0 aromatic heterocycles. The highest BCUT2D eigenvalue weighted by Crippen LogP contribution is 2.21. The number of carbonyl (C=O) groups is 13. The van der Waals surface area contributed by atoms with Crippen LogP contribution in [0.5, 0.6) is 0 Å². The Kier molecular flexibility index (Phi) is 34.6. The van der Waals surface area contributed by atoms with Crippen molar-refractivity contribution in [2.24, 2.45) is 11.8 Å². The molecule has 1 fully saturated rings. The van der Waals surface area contributed by atoms with Crippen molar-refractivity contribution in [3.8, 4) is 0 Å². The standard InChI is InChI=1S/C79H113N13O14/c1-50(2)43-63(88(12)56(9)94)71(98)81-49-61(95)48-80-62(76(103)91(15)66(46-60-37-27-19-28-38-60)77(104)90(14)64(44-58-33-23-17-24-34-58)72(99)83-53(6)74(101)92-40-29-20-30-41-92)47-67(96)82-52(5)70(97)85-69(55(8)93)79(106)87(11)54(7)75(102)89(13)65(45-59-35-25-18-26-36-59)73(100)84-68(51(3)4)78(105)86(10)42-39-57-31-21-16-22-32-57/h16-19,21-28,31-38,50-55,62-66,68-69,80,93H,20,29-30,39-49H2,1-15H3,(H,81,98)(H,82,96)(H,83,99)(H,84,100)(H,85,97)/t52-,53-,54-,55+,62-,63-,64-,65-,66-,68-,69-/m0/s1. The molecule has 4 aromatic carbocycles. The number of likely N-dealkylation sites (tertiary alicyclic amines) is 1. The van der Waals surface area contributed by atoms with Crippen LogP contribution in [0.1, 0.15) is 117 Å². The third-order valence-electron chi connectivity index (χ3n) is 19.5. The number of piperidine rings is 1. The van der Waals surface area contributed by atoms with Gasteiger partial charge in [-0.25, -0.2) is 0 Å². The molecule has 0 spiro atoms. The average Bonchev–Trinajstić information content (AvgIpc) is 0.815. The van der Waals surface area contributed by atoms with E-state index in [2.05, 4.69) is 31.9 Å². The van der Waals surface area contributed by atoms with Crippen LogP contribution in [-0.4, -0.2) is 258 Å². The lowest BCUT2D eigenvalue weighted by Crippen LogP contribution is -2.61. The molecule has 1 aliphatic rings. The minimum Gasteiger partial charge on any atom is -0.391 e. The van der Waals surface area contributed by atoms with Crippen LogP contribution in [-0.2, 0) is 88.0 Å². The second kappa shape index (κ2) is 42.3. The molecule has 1 saturated heterocycles. The molecule has 578 valence electrons. The molecule has 12 amide bonds. The lowest BCUT2D eigenvalue weighted by atomic mass is 9.99. The Bertz CT molecular complexity index is 3600. The zero-order valence-electron chi connectivity index (χ0n) is 64.3. The van der Waals surface area contributed by atoms with Gasteiger partial charge in [-0.3, -0.25) is 67.6 Å². The van der Waals surface area contributed by atoms with Gasteiger partial charge in [-0.1, -0.05) is 149 Å². The maximum Gasteiger partial charge on any atom is 0.248 e. The van der Waals surface area contributed by atoms with Gasteiger partial charge in [0.05, 0.1) is 31.7 Å². The molecule has 0 radical (unpaired) electrons. The number of hydrogen-bond acceptors (Lipinski definition) is 15. The Morgan fingerprint density at radius 3 is 1.40 bits per heavy atom. The summed E-state index contributed by atoms with van der Waals surface area (Å²) in [6, 6.07) is 23.4. The molecule has 27 nitrogen and oxygen atoms in total. The highest BCUT2D eigenvalue weighted by Gasteiger charge is 2.42. The van der Waals surface area contributed by atoms with Gasteiger partial charge in [-0.15, -0.1) is 0 Å². The second-order valence-electron chi connectivity index (χ2n) is 28.6. The molecule has 7 N–H and O–H groups in total. The molecule has 1 heterocycles. The maximum absolute atomic E-state index is 15.4. The Hall–Kier alpha value is -9.89. The van der Waals surface area contributed by atoms with Crippen molar-refractivity contribution in [1.29, 1.82) is 0 Å². The van der Waals surface area contributed by atoms with Crippen LogP contribution in [0.4, 0.5) is 0 Å². The van der Waals surface area contributed by atoms with Gasteiger partial charge in [0.15, 0.2) is 5.78 Å². The summed E-state index contributed by atoms with van der Waals surface area (Å²) in [5.41, 5.74) is 3.01. The zero-order chi connectivity index (χ0) is 78.6. The van der Waals surface area contributed by atoms with Crippen molar-refractivity contribution in [3.05, 3.63) is 144 Å². The van der Waals surface area contributed by atoms with Crippen LogP contribution < -0.4 is 31.9 Å². The predicted octanol–water partition coefficient (Wildman–Crippen LogP) is 2.70. The molecule has 0 bridgehead atoms. The van der Waals surface area contributed by atoms with Crippen molar-refractivity contribution >= 4 is 76.7 Å². The average molecular weight is 1470 g/mol. The van der Waals surface area contributed by atoms with Crippen LogP contribution in [0, 0.1) is 11.8 Å². The molecule has 27 heteroatoms. The van der Waals surface area contributed by atoms with Crippen LogP contribution in [0.15, 0.2) is 121 Å². The zero-order valence-corrected chi connectivity index (χ0v) is 64.3. The van der Waals surface area contributed by atoms with Crippen molar-refractivity contribution in [1.82, 2.24) is 66.2 Å². The number of nitrogens with one attached hydrogen (secondary N) is 6. The normalized spacial score (nSPS) is 15.2. The monoisotopic (exact) mass is 1470 g/mol. The van der Waals surface area contributed by atoms with E-state index in [-0.39, 0.29) is 55.2 Å².